The predicted molar refractivity (Wildman–Crippen MR) is 180 cm³/mol. The van der Waals surface area contributed by atoms with Gasteiger partial charge in [0.2, 0.25) is 5.95 Å². The summed E-state index contributed by atoms with van der Waals surface area (Å²) in [5, 5.41) is 14.6. The molecule has 2 aliphatic rings. The number of carbonyl (C=O) groups is 1. The maximum atomic E-state index is 12.9. The summed E-state index contributed by atoms with van der Waals surface area (Å²) in [6.45, 7) is 12.6. The molecule has 2 saturated heterocycles. The highest BCUT2D eigenvalue weighted by atomic mass is 16.6. The second-order valence-corrected chi connectivity index (χ2v) is 13.0. The van der Waals surface area contributed by atoms with Crippen molar-refractivity contribution in [3.63, 3.8) is 0 Å². The fourth-order valence-corrected chi connectivity index (χ4v) is 6.01. The molecule has 0 aliphatic carbocycles. The van der Waals surface area contributed by atoms with Gasteiger partial charge in [-0.25, -0.2) is 9.78 Å². The summed E-state index contributed by atoms with van der Waals surface area (Å²) in [6, 6.07) is 14.1. The molecule has 246 valence electrons. The molecule has 3 aromatic heterocycles. The molecule has 5 aromatic rings. The van der Waals surface area contributed by atoms with Crippen molar-refractivity contribution in [1.29, 1.82) is 0 Å². The topological polar surface area (TPSA) is 125 Å². The van der Waals surface area contributed by atoms with E-state index in [1.165, 1.54) is 4.68 Å². The van der Waals surface area contributed by atoms with Gasteiger partial charge in [-0.2, -0.15) is 19.9 Å². The SMILES string of the molecule is Cn1nc(CCN2CCOCC2)c2ccc(-c3cc(Nc4ccc5cnn(C(=O)OC(C)(C)C)c5c4)nc(N4CCOCC4)n3)cc21. The Hall–Kier alpha value is -4.59. The van der Waals surface area contributed by atoms with Crippen LogP contribution in [-0.2, 0) is 27.7 Å². The minimum atomic E-state index is -0.637. The van der Waals surface area contributed by atoms with Crippen LogP contribution in [0.4, 0.5) is 22.2 Å². The van der Waals surface area contributed by atoms with Gasteiger partial charge in [0.25, 0.3) is 0 Å². The number of fused-ring (bicyclic) bond motifs is 2. The largest absolute Gasteiger partial charge is 0.442 e. The number of nitrogens with one attached hydrogen (secondary N) is 1. The van der Waals surface area contributed by atoms with Crippen LogP contribution in [0.15, 0.2) is 48.7 Å². The van der Waals surface area contributed by atoms with E-state index in [9.17, 15) is 4.79 Å². The van der Waals surface area contributed by atoms with Crippen LogP contribution in [0.25, 0.3) is 33.1 Å². The number of aromatic nitrogens is 6. The summed E-state index contributed by atoms with van der Waals surface area (Å²) in [7, 11) is 1.99. The Kier molecular flexibility index (Phi) is 8.52. The molecule has 0 spiro atoms. The molecular formula is C34H41N9O4. The molecule has 47 heavy (non-hydrogen) atoms. The van der Waals surface area contributed by atoms with Crippen LogP contribution < -0.4 is 10.2 Å². The van der Waals surface area contributed by atoms with Crippen molar-refractivity contribution in [2.24, 2.45) is 7.05 Å². The van der Waals surface area contributed by atoms with Crippen LogP contribution in [0.2, 0.25) is 0 Å². The average Bonchev–Trinajstić information content (AvgIpc) is 3.64. The number of morpholine rings is 2. The van der Waals surface area contributed by atoms with Crippen LogP contribution in [-0.4, -0.2) is 105 Å². The number of carbonyl (C=O) groups excluding carboxylic acids is 1. The monoisotopic (exact) mass is 639 g/mol. The molecule has 0 amide bonds. The molecular weight excluding hydrogens is 598 g/mol. The zero-order valence-corrected chi connectivity index (χ0v) is 27.4. The number of ether oxygens (including phenoxy) is 3. The fraction of sp³-hybridized carbons (Fsp3) is 0.441. The van der Waals surface area contributed by atoms with E-state index in [0.29, 0.717) is 43.6 Å². The highest BCUT2D eigenvalue weighted by Crippen LogP contribution is 2.30. The van der Waals surface area contributed by atoms with E-state index in [1.807, 2.05) is 56.8 Å². The van der Waals surface area contributed by atoms with Gasteiger partial charge in [0, 0.05) is 74.3 Å². The number of hydrogen-bond acceptors (Lipinski definition) is 11. The summed E-state index contributed by atoms with van der Waals surface area (Å²) in [5.41, 5.74) is 4.68. The third-order valence-corrected chi connectivity index (χ3v) is 8.41. The van der Waals surface area contributed by atoms with Crippen molar-refractivity contribution in [2.75, 3.05) is 69.4 Å². The summed E-state index contributed by atoms with van der Waals surface area (Å²) in [5.74, 6) is 1.26. The lowest BCUT2D eigenvalue weighted by Crippen LogP contribution is -2.37. The first-order valence-electron chi connectivity index (χ1n) is 16.2. The van der Waals surface area contributed by atoms with E-state index in [4.69, 9.17) is 29.3 Å². The molecule has 7 rings (SSSR count). The van der Waals surface area contributed by atoms with Crippen molar-refractivity contribution in [2.45, 2.75) is 32.8 Å². The zero-order chi connectivity index (χ0) is 32.5. The molecule has 0 unspecified atom stereocenters. The van der Waals surface area contributed by atoms with Crippen LogP contribution in [0.5, 0.6) is 0 Å². The number of anilines is 3. The summed E-state index contributed by atoms with van der Waals surface area (Å²) in [6.07, 6.45) is 2.01. The molecule has 2 aromatic carbocycles. The molecule has 5 heterocycles. The van der Waals surface area contributed by atoms with E-state index < -0.39 is 11.7 Å². The average molecular weight is 640 g/mol. The molecule has 0 atom stereocenters. The van der Waals surface area contributed by atoms with Gasteiger partial charge in [-0.3, -0.25) is 9.58 Å². The lowest BCUT2D eigenvalue weighted by Gasteiger charge is -2.27. The number of nitrogens with zero attached hydrogens (tertiary/aromatic N) is 8. The fourth-order valence-electron chi connectivity index (χ4n) is 6.01. The first kappa shape index (κ1) is 31.0. The molecule has 1 N–H and O–H groups in total. The lowest BCUT2D eigenvalue weighted by atomic mass is 10.1. The van der Waals surface area contributed by atoms with Crippen molar-refractivity contribution >= 4 is 45.4 Å². The van der Waals surface area contributed by atoms with E-state index in [0.717, 1.165) is 78.2 Å². The third-order valence-electron chi connectivity index (χ3n) is 8.41. The van der Waals surface area contributed by atoms with Crippen molar-refractivity contribution < 1.29 is 19.0 Å². The van der Waals surface area contributed by atoms with Crippen LogP contribution in [0.1, 0.15) is 26.5 Å². The third kappa shape index (κ3) is 6.92. The minimum Gasteiger partial charge on any atom is -0.442 e. The zero-order valence-electron chi connectivity index (χ0n) is 27.4. The quantitative estimate of drug-likeness (QED) is 0.268. The van der Waals surface area contributed by atoms with Gasteiger partial charge < -0.3 is 24.4 Å². The smallest absolute Gasteiger partial charge is 0.435 e. The molecule has 0 bridgehead atoms. The number of rotatable bonds is 7. The number of benzene rings is 2. The molecule has 13 nitrogen and oxygen atoms in total. The molecule has 2 fully saturated rings. The summed E-state index contributed by atoms with van der Waals surface area (Å²) in [4.78, 5) is 27.4. The van der Waals surface area contributed by atoms with Gasteiger partial charge in [-0.15, -0.1) is 0 Å². The minimum absolute atomic E-state index is 0.529. The highest BCUT2D eigenvalue weighted by molar-refractivity contribution is 5.90. The number of hydrogen-bond donors (Lipinski definition) is 1. The molecule has 0 saturated carbocycles. The first-order chi connectivity index (χ1) is 22.7. The van der Waals surface area contributed by atoms with Crippen molar-refractivity contribution in [3.8, 4) is 11.3 Å². The number of aryl methyl sites for hydroxylation is 1. The summed E-state index contributed by atoms with van der Waals surface area (Å²) >= 11 is 0. The Morgan fingerprint density at radius 1 is 0.936 bits per heavy atom. The Balaban J connectivity index is 1.20. The van der Waals surface area contributed by atoms with Gasteiger partial charge in [0.05, 0.1) is 55.0 Å². The second kappa shape index (κ2) is 12.9. The van der Waals surface area contributed by atoms with Crippen molar-refractivity contribution in [3.05, 3.63) is 54.4 Å². The lowest BCUT2D eigenvalue weighted by molar-refractivity contribution is 0.0383. The predicted octanol–water partition coefficient (Wildman–Crippen LogP) is 4.62. The summed E-state index contributed by atoms with van der Waals surface area (Å²) < 4.78 is 19.9. The van der Waals surface area contributed by atoms with Gasteiger partial charge >= 0.3 is 6.09 Å². The van der Waals surface area contributed by atoms with Gasteiger partial charge in [0.15, 0.2) is 0 Å². The first-order valence-corrected chi connectivity index (χ1v) is 16.2. The normalized spacial score (nSPS) is 16.2. The van der Waals surface area contributed by atoms with Crippen LogP contribution in [0.3, 0.4) is 0 Å². The van der Waals surface area contributed by atoms with Gasteiger partial charge in [-0.05, 0) is 45.0 Å². The molecule has 13 heteroatoms. The standard InChI is InChI=1S/C34H41N9O4/c1-34(2,3)47-33(44)43-29-20-25(7-5-24(29)22-35-43)36-31-21-28(37-32(38-31)42-13-17-46-18-14-42)23-6-8-26-27(39-40(4)30(26)19-23)9-10-41-11-15-45-16-12-41/h5-8,19-22H,9-18H2,1-4H3,(H,36,37,38). The Morgan fingerprint density at radius 2 is 1.70 bits per heavy atom. The van der Waals surface area contributed by atoms with Crippen LogP contribution in [0, 0.1) is 0 Å². The highest BCUT2D eigenvalue weighted by Gasteiger charge is 2.21. The van der Waals surface area contributed by atoms with Crippen LogP contribution >= 0.6 is 0 Å². The Bertz CT molecular complexity index is 1900. The maximum Gasteiger partial charge on any atom is 0.435 e. The van der Waals surface area contributed by atoms with E-state index in [2.05, 4.69) is 38.4 Å². The Morgan fingerprint density at radius 3 is 2.47 bits per heavy atom. The van der Waals surface area contributed by atoms with E-state index in [1.54, 1.807) is 6.20 Å². The Labute approximate surface area is 273 Å². The van der Waals surface area contributed by atoms with E-state index >= 15 is 0 Å². The van der Waals surface area contributed by atoms with Gasteiger partial charge in [0.1, 0.15) is 11.4 Å². The van der Waals surface area contributed by atoms with Gasteiger partial charge in [-0.1, -0.05) is 12.1 Å². The maximum absolute atomic E-state index is 12.9. The molecule has 0 radical (unpaired) electrons. The second-order valence-electron chi connectivity index (χ2n) is 13.0. The van der Waals surface area contributed by atoms with Crippen molar-refractivity contribution in [1.82, 2.24) is 34.4 Å². The van der Waals surface area contributed by atoms with E-state index in [-0.39, 0.29) is 0 Å². The molecule has 2 aliphatic heterocycles.